The number of sulfonamides is 1. The van der Waals surface area contributed by atoms with E-state index in [4.69, 9.17) is 16.6 Å². The number of pyridine rings is 1. The third-order valence-electron chi connectivity index (χ3n) is 13.7. The van der Waals surface area contributed by atoms with Crippen LogP contribution in [0, 0.1) is 21.4 Å². The van der Waals surface area contributed by atoms with E-state index in [0.29, 0.717) is 40.9 Å². The number of H-pyrrole nitrogens is 1. The number of nitro benzene ring substituents is 1. The monoisotopic (exact) mass is 916 g/mol. The van der Waals surface area contributed by atoms with E-state index in [1.54, 1.807) is 23.1 Å². The van der Waals surface area contributed by atoms with Crippen LogP contribution < -0.4 is 14.9 Å². The van der Waals surface area contributed by atoms with E-state index < -0.39 is 20.9 Å². The van der Waals surface area contributed by atoms with Crippen molar-refractivity contribution in [3.05, 3.63) is 117 Å². The molecule has 6 aromatic rings. The average Bonchev–Trinajstić information content (AvgIpc) is 3.63. The van der Waals surface area contributed by atoms with Gasteiger partial charge >= 0.3 is 0 Å². The maximum Gasteiger partial charge on any atom is 0.293 e. The van der Waals surface area contributed by atoms with Crippen LogP contribution in [0.5, 0.6) is 0 Å². The second kappa shape index (κ2) is 17.2. The number of carbonyl (C=O) groups is 1. The first-order chi connectivity index (χ1) is 31.3. The lowest BCUT2D eigenvalue weighted by Crippen LogP contribution is -2.47. The van der Waals surface area contributed by atoms with Crippen molar-refractivity contribution in [2.45, 2.75) is 63.3 Å². The van der Waals surface area contributed by atoms with E-state index in [0.717, 1.165) is 93.7 Å². The van der Waals surface area contributed by atoms with Gasteiger partial charge in [-0.2, -0.15) is 0 Å². The van der Waals surface area contributed by atoms with Gasteiger partial charge in [0.05, 0.1) is 26.6 Å². The van der Waals surface area contributed by atoms with E-state index in [1.165, 1.54) is 41.7 Å². The average molecular weight is 918 g/mol. The number of rotatable bonds is 13. The lowest BCUT2D eigenvalue weighted by atomic mass is 9.72. The number of anilines is 2. The predicted octanol–water partition coefficient (Wildman–Crippen LogP) is 8.26. The van der Waals surface area contributed by atoms with E-state index in [1.807, 2.05) is 36.4 Å². The molecule has 0 radical (unpaired) electrons. The van der Waals surface area contributed by atoms with Crippen molar-refractivity contribution < 1.29 is 18.1 Å². The molecule has 2 saturated heterocycles. The molecule has 10 rings (SSSR count). The maximum atomic E-state index is 14.3. The Morgan fingerprint density at radius 2 is 1.78 bits per heavy atom. The topological polar surface area (TPSA) is 175 Å². The van der Waals surface area contributed by atoms with Gasteiger partial charge in [0.15, 0.2) is 5.65 Å². The molecule has 2 aliphatic carbocycles. The highest BCUT2D eigenvalue weighted by Gasteiger charge is 2.35. The fraction of sp³-hybridized carbons (Fsp3) is 0.396. The second-order valence-corrected chi connectivity index (χ2v) is 21.0. The van der Waals surface area contributed by atoms with E-state index >= 15 is 0 Å². The number of aromatic nitrogens is 4. The first kappa shape index (κ1) is 43.1. The number of hydrogen-bond donors (Lipinski definition) is 3. The summed E-state index contributed by atoms with van der Waals surface area (Å²) in [6, 6.07) is 21.7. The highest BCUT2D eigenvalue weighted by molar-refractivity contribution is 7.90. The number of likely N-dealkylation sites (tertiary alicyclic amines) is 1. The molecule has 338 valence electrons. The van der Waals surface area contributed by atoms with Gasteiger partial charge in [-0.25, -0.2) is 23.1 Å². The van der Waals surface area contributed by atoms with E-state index in [2.05, 4.69) is 60.8 Å². The fourth-order valence-electron chi connectivity index (χ4n) is 9.88. The van der Waals surface area contributed by atoms with Crippen molar-refractivity contribution in [3.63, 3.8) is 0 Å². The normalized spacial score (nSPS) is 19.6. The van der Waals surface area contributed by atoms with Gasteiger partial charge in [0.1, 0.15) is 11.2 Å². The van der Waals surface area contributed by atoms with Crippen molar-refractivity contribution in [1.82, 2.24) is 34.3 Å². The van der Waals surface area contributed by atoms with Crippen molar-refractivity contribution >= 4 is 72.2 Å². The summed E-state index contributed by atoms with van der Waals surface area (Å²) in [5.41, 5.74) is 7.45. The van der Waals surface area contributed by atoms with Crippen LogP contribution in [0.2, 0.25) is 5.02 Å². The summed E-state index contributed by atoms with van der Waals surface area (Å²) < 4.78 is 31.7. The van der Waals surface area contributed by atoms with Gasteiger partial charge in [0, 0.05) is 86.4 Å². The Balaban J connectivity index is 0.897. The summed E-state index contributed by atoms with van der Waals surface area (Å²) in [5.74, 6) is -0.546. The molecule has 0 bridgehead atoms. The SMILES string of the molecule is CC1(C)CCC(CN2CCN(c3ccc(C(=O)NS(=O)(=O)c4ccc(NCC5CCN(C6CC6)C5)c([N+](=O)[O-])c4)c(-n4[nH]cc5nc6nccc6cc54)c3)CC2)=C(c2ccc(Cl)cc2)C1. The molecule has 0 spiro atoms. The minimum Gasteiger partial charge on any atom is -0.379 e. The minimum absolute atomic E-state index is 0.0805. The van der Waals surface area contributed by atoms with Crippen molar-refractivity contribution in [2.24, 2.45) is 11.3 Å². The fourth-order valence-corrected chi connectivity index (χ4v) is 11.0. The molecule has 1 amide bonds. The first-order valence-corrected chi connectivity index (χ1v) is 24.4. The third kappa shape index (κ3) is 9.09. The number of allylic oxidation sites excluding steroid dienone is 1. The van der Waals surface area contributed by atoms with Crippen molar-refractivity contribution in [1.29, 1.82) is 0 Å². The number of nitrogens with zero attached hydrogens (tertiary/aromatic N) is 7. The number of aromatic amines is 1. The van der Waals surface area contributed by atoms with Gasteiger partial charge < -0.3 is 15.1 Å². The number of piperazine rings is 1. The minimum atomic E-state index is -4.55. The zero-order valence-corrected chi connectivity index (χ0v) is 38.2. The molecule has 17 heteroatoms. The zero-order chi connectivity index (χ0) is 45.0. The molecular weight excluding hydrogens is 864 g/mol. The van der Waals surface area contributed by atoms with Crippen molar-refractivity contribution in [2.75, 3.05) is 62.6 Å². The highest BCUT2D eigenvalue weighted by atomic mass is 35.5. The first-order valence-electron chi connectivity index (χ1n) is 22.5. The van der Waals surface area contributed by atoms with E-state index in [9.17, 15) is 23.3 Å². The lowest BCUT2D eigenvalue weighted by molar-refractivity contribution is -0.384. The number of nitro groups is 1. The van der Waals surface area contributed by atoms with Gasteiger partial charge in [0.2, 0.25) is 0 Å². The Kier molecular flexibility index (Phi) is 11.4. The van der Waals surface area contributed by atoms with Gasteiger partial charge in [-0.1, -0.05) is 43.2 Å². The molecule has 3 N–H and O–H groups in total. The molecule has 65 heavy (non-hydrogen) atoms. The van der Waals surface area contributed by atoms with Crippen LogP contribution in [0.4, 0.5) is 17.1 Å². The Labute approximate surface area is 383 Å². The number of amides is 1. The molecule has 5 heterocycles. The van der Waals surface area contributed by atoms with Crippen molar-refractivity contribution in [3.8, 4) is 5.69 Å². The summed E-state index contributed by atoms with van der Waals surface area (Å²) in [4.78, 5) is 41.8. The maximum absolute atomic E-state index is 14.3. The molecular formula is C48H53ClN10O5S. The molecule has 3 aromatic heterocycles. The van der Waals surface area contributed by atoms with Crippen LogP contribution in [0.3, 0.4) is 0 Å². The second-order valence-electron chi connectivity index (χ2n) is 18.9. The van der Waals surface area contributed by atoms with Gasteiger partial charge in [-0.15, -0.1) is 0 Å². The standard InChI is InChI=1S/C48H53ClN10O5S/c1-48(2)16-13-34(40(26-48)32-3-5-35(49)6-4-32)30-55-19-21-56(22-20-55)37-9-11-39(43(24-37)58-44-23-33-14-17-50-46(33)53-42(44)28-52-58)47(60)54-65(63,64)38-10-12-41(45(25-38)59(61)62)51-27-31-15-18-57(29-31)36-7-8-36/h3-6,9-12,14,17,23-25,28,31,36,51-52H,7-8,13,15-16,18-22,26-27,29-30H2,1-2H3,(H,54,60). The Morgan fingerprint density at radius 3 is 2.55 bits per heavy atom. The third-order valence-corrected chi connectivity index (χ3v) is 15.3. The molecule has 1 unspecified atom stereocenters. The number of nitrogens with one attached hydrogen (secondary N) is 3. The van der Waals surface area contributed by atoms with E-state index in [-0.39, 0.29) is 27.2 Å². The smallest absolute Gasteiger partial charge is 0.293 e. The molecule has 3 fully saturated rings. The van der Waals surface area contributed by atoms with Crippen LogP contribution in [0.25, 0.3) is 33.3 Å². The van der Waals surface area contributed by atoms with Crippen LogP contribution in [0.15, 0.2) is 95.7 Å². The number of fused-ring (bicyclic) bond motifs is 2. The van der Waals surface area contributed by atoms with Crippen LogP contribution >= 0.6 is 11.6 Å². The summed E-state index contributed by atoms with van der Waals surface area (Å²) >= 11 is 6.26. The Bertz CT molecular complexity index is 2950. The van der Waals surface area contributed by atoms with Gasteiger partial charge in [-0.05, 0) is 122 Å². The quantitative estimate of drug-likeness (QED) is 0.0752. The van der Waals surface area contributed by atoms with Crippen LogP contribution in [-0.4, -0.2) is 107 Å². The largest absolute Gasteiger partial charge is 0.379 e. The molecule has 1 saturated carbocycles. The molecule has 15 nitrogen and oxygen atoms in total. The van der Waals surface area contributed by atoms with Gasteiger partial charge in [0.25, 0.3) is 21.6 Å². The Morgan fingerprint density at radius 1 is 0.985 bits per heavy atom. The molecule has 3 aromatic carbocycles. The summed E-state index contributed by atoms with van der Waals surface area (Å²) in [6.45, 7) is 11.2. The molecule has 4 aliphatic rings. The molecule has 2 aliphatic heterocycles. The number of benzene rings is 3. The van der Waals surface area contributed by atoms with Crippen LogP contribution in [0.1, 0.15) is 68.3 Å². The predicted molar refractivity (Wildman–Crippen MR) is 254 cm³/mol. The number of carbonyl (C=O) groups excluding carboxylic acids is 1. The molecule has 1 atom stereocenters. The summed E-state index contributed by atoms with van der Waals surface area (Å²) in [6.07, 6.45) is 10.1. The number of halogens is 1. The Hall–Kier alpha value is -5.81. The number of hydrogen-bond acceptors (Lipinski definition) is 11. The van der Waals surface area contributed by atoms with Crippen LogP contribution in [-0.2, 0) is 10.0 Å². The lowest BCUT2D eigenvalue weighted by Gasteiger charge is -2.39. The summed E-state index contributed by atoms with van der Waals surface area (Å²) in [5, 5.41) is 20.2. The summed E-state index contributed by atoms with van der Waals surface area (Å²) in [7, 11) is -4.55. The van der Waals surface area contributed by atoms with Gasteiger partial charge in [-0.3, -0.25) is 29.6 Å². The zero-order valence-electron chi connectivity index (χ0n) is 36.6. The highest BCUT2D eigenvalue weighted by Crippen LogP contribution is 2.43.